The Bertz CT molecular complexity index is 759. The highest BCUT2D eigenvalue weighted by Crippen LogP contribution is 2.19. The maximum atomic E-state index is 11.9. The Morgan fingerprint density at radius 3 is 2.59 bits per heavy atom. The van der Waals surface area contributed by atoms with Gasteiger partial charge in [-0.05, 0) is 44.0 Å². The van der Waals surface area contributed by atoms with Crippen LogP contribution in [0.15, 0.2) is 30.3 Å². The van der Waals surface area contributed by atoms with Gasteiger partial charge in [-0.3, -0.25) is 0 Å². The molecule has 8 heteroatoms. The molecule has 2 amide bonds. The molecular formula is C19H26N6O2. The summed E-state index contributed by atoms with van der Waals surface area (Å²) in [6.45, 7) is 5.05. The largest absolute Gasteiger partial charge is 0.497 e. The van der Waals surface area contributed by atoms with Gasteiger partial charge in [-0.25, -0.2) is 9.78 Å². The van der Waals surface area contributed by atoms with Crippen LogP contribution in [0.25, 0.3) is 0 Å². The number of carbonyl (C=O) groups excluding carboxylic acids is 1. The van der Waals surface area contributed by atoms with E-state index in [9.17, 15) is 4.79 Å². The predicted octanol–water partition coefficient (Wildman–Crippen LogP) is 2.63. The summed E-state index contributed by atoms with van der Waals surface area (Å²) in [6.07, 6.45) is 2.41. The summed E-state index contributed by atoms with van der Waals surface area (Å²) in [5.41, 5.74) is 1.64. The van der Waals surface area contributed by atoms with E-state index < -0.39 is 0 Å². The summed E-state index contributed by atoms with van der Waals surface area (Å²) in [5, 5.41) is 8.76. The SMILES string of the molecule is COc1ccc(NC(=O)NCCNc2nc(C)cc(N3CCCC3)n2)cc1. The number of carbonyl (C=O) groups is 1. The van der Waals surface area contributed by atoms with Gasteiger partial charge in [-0.1, -0.05) is 0 Å². The highest BCUT2D eigenvalue weighted by atomic mass is 16.5. The lowest BCUT2D eigenvalue weighted by molar-refractivity contribution is 0.252. The Labute approximate surface area is 159 Å². The second-order valence-electron chi connectivity index (χ2n) is 6.42. The molecule has 1 aromatic carbocycles. The Morgan fingerprint density at radius 2 is 1.89 bits per heavy atom. The maximum absolute atomic E-state index is 11.9. The monoisotopic (exact) mass is 370 g/mol. The summed E-state index contributed by atoms with van der Waals surface area (Å²) < 4.78 is 5.09. The topological polar surface area (TPSA) is 91.4 Å². The number of hydrogen-bond donors (Lipinski definition) is 3. The number of rotatable bonds is 7. The van der Waals surface area contributed by atoms with E-state index in [1.807, 2.05) is 13.0 Å². The van der Waals surface area contributed by atoms with Crippen LogP contribution in [-0.4, -0.2) is 49.3 Å². The molecule has 0 bridgehead atoms. The highest BCUT2D eigenvalue weighted by Gasteiger charge is 2.15. The van der Waals surface area contributed by atoms with E-state index in [0.29, 0.717) is 24.7 Å². The Hall–Kier alpha value is -3.03. The molecule has 144 valence electrons. The van der Waals surface area contributed by atoms with E-state index in [4.69, 9.17) is 4.74 Å². The zero-order valence-corrected chi connectivity index (χ0v) is 15.8. The van der Waals surface area contributed by atoms with Gasteiger partial charge in [-0.2, -0.15) is 4.98 Å². The zero-order valence-electron chi connectivity index (χ0n) is 15.8. The van der Waals surface area contributed by atoms with Crippen molar-refractivity contribution in [3.63, 3.8) is 0 Å². The van der Waals surface area contributed by atoms with Gasteiger partial charge in [0.15, 0.2) is 0 Å². The molecule has 1 aromatic heterocycles. The van der Waals surface area contributed by atoms with Crippen LogP contribution in [0.1, 0.15) is 18.5 Å². The number of urea groups is 1. The van der Waals surface area contributed by atoms with Crippen molar-refractivity contribution in [1.82, 2.24) is 15.3 Å². The van der Waals surface area contributed by atoms with Gasteiger partial charge < -0.3 is 25.6 Å². The molecule has 0 aliphatic carbocycles. The van der Waals surface area contributed by atoms with Crippen LogP contribution in [0.4, 0.5) is 22.2 Å². The van der Waals surface area contributed by atoms with Gasteiger partial charge in [0.1, 0.15) is 11.6 Å². The summed E-state index contributed by atoms with van der Waals surface area (Å²) in [5.74, 6) is 2.30. The van der Waals surface area contributed by atoms with Gasteiger partial charge in [0.2, 0.25) is 5.95 Å². The number of ether oxygens (including phenoxy) is 1. The van der Waals surface area contributed by atoms with E-state index in [1.165, 1.54) is 12.8 Å². The number of benzene rings is 1. The molecule has 1 saturated heterocycles. The third kappa shape index (κ3) is 5.47. The lowest BCUT2D eigenvalue weighted by atomic mass is 10.3. The van der Waals surface area contributed by atoms with E-state index in [2.05, 4.69) is 30.8 Å². The molecule has 1 aliphatic heterocycles. The minimum Gasteiger partial charge on any atom is -0.497 e. The third-order valence-electron chi connectivity index (χ3n) is 4.31. The Balaban J connectivity index is 1.43. The fourth-order valence-corrected chi connectivity index (χ4v) is 2.94. The van der Waals surface area contributed by atoms with Crippen LogP contribution in [0, 0.1) is 6.92 Å². The van der Waals surface area contributed by atoms with Gasteiger partial charge in [0, 0.05) is 43.6 Å². The predicted molar refractivity (Wildman–Crippen MR) is 107 cm³/mol. The number of aromatic nitrogens is 2. The van der Waals surface area contributed by atoms with Crippen molar-refractivity contribution >= 4 is 23.5 Å². The van der Waals surface area contributed by atoms with E-state index in [1.54, 1.807) is 31.4 Å². The molecule has 0 unspecified atom stereocenters. The minimum atomic E-state index is -0.259. The van der Waals surface area contributed by atoms with E-state index in [-0.39, 0.29) is 6.03 Å². The first-order valence-corrected chi connectivity index (χ1v) is 9.17. The van der Waals surface area contributed by atoms with Gasteiger partial charge in [0.25, 0.3) is 0 Å². The number of nitrogens with one attached hydrogen (secondary N) is 3. The standard InChI is InChI=1S/C19H26N6O2/c1-14-13-17(25-11-3-4-12-25)24-18(22-14)20-9-10-21-19(26)23-15-5-7-16(27-2)8-6-15/h5-8,13H,3-4,9-12H2,1-2H3,(H,20,22,24)(H2,21,23,26). The van der Waals surface area contributed by atoms with Crippen molar-refractivity contribution in [2.45, 2.75) is 19.8 Å². The van der Waals surface area contributed by atoms with Crippen LogP contribution in [-0.2, 0) is 0 Å². The van der Waals surface area contributed by atoms with Crippen LogP contribution >= 0.6 is 0 Å². The van der Waals surface area contributed by atoms with Crippen LogP contribution in [0.3, 0.4) is 0 Å². The maximum Gasteiger partial charge on any atom is 0.319 e. The number of nitrogens with zero attached hydrogens (tertiary/aromatic N) is 3. The first-order chi connectivity index (χ1) is 13.1. The van der Waals surface area contributed by atoms with Crippen molar-refractivity contribution in [2.24, 2.45) is 0 Å². The molecule has 2 heterocycles. The lowest BCUT2D eigenvalue weighted by Gasteiger charge is -2.17. The normalized spacial score (nSPS) is 13.3. The number of aryl methyl sites for hydroxylation is 1. The van der Waals surface area contributed by atoms with Gasteiger partial charge >= 0.3 is 6.03 Å². The first kappa shape index (κ1) is 18.8. The van der Waals surface area contributed by atoms with Crippen LogP contribution < -0.4 is 25.6 Å². The molecule has 0 saturated carbocycles. The zero-order chi connectivity index (χ0) is 19.1. The highest BCUT2D eigenvalue weighted by molar-refractivity contribution is 5.89. The Kier molecular flexibility index (Phi) is 6.30. The summed E-state index contributed by atoms with van der Waals surface area (Å²) in [7, 11) is 1.61. The quantitative estimate of drug-likeness (QED) is 0.649. The average Bonchev–Trinajstić information content (AvgIpc) is 3.20. The fraction of sp³-hybridized carbons (Fsp3) is 0.421. The Morgan fingerprint density at radius 1 is 1.15 bits per heavy atom. The average molecular weight is 370 g/mol. The minimum absolute atomic E-state index is 0.259. The van der Waals surface area contributed by atoms with Crippen molar-refractivity contribution in [3.8, 4) is 5.75 Å². The number of hydrogen-bond acceptors (Lipinski definition) is 6. The van der Waals surface area contributed by atoms with Crippen molar-refractivity contribution < 1.29 is 9.53 Å². The molecule has 0 spiro atoms. The summed E-state index contributed by atoms with van der Waals surface area (Å²) in [4.78, 5) is 23.2. The first-order valence-electron chi connectivity index (χ1n) is 9.17. The molecule has 0 atom stereocenters. The molecule has 1 fully saturated rings. The van der Waals surface area contributed by atoms with Crippen LogP contribution in [0.2, 0.25) is 0 Å². The number of anilines is 3. The van der Waals surface area contributed by atoms with E-state index in [0.717, 1.165) is 30.4 Å². The smallest absolute Gasteiger partial charge is 0.319 e. The van der Waals surface area contributed by atoms with Crippen LogP contribution in [0.5, 0.6) is 5.75 Å². The molecule has 8 nitrogen and oxygen atoms in total. The molecular weight excluding hydrogens is 344 g/mol. The number of amides is 2. The summed E-state index contributed by atoms with van der Waals surface area (Å²) in [6, 6.07) is 8.92. The third-order valence-corrected chi connectivity index (χ3v) is 4.31. The van der Waals surface area contributed by atoms with E-state index >= 15 is 0 Å². The second-order valence-corrected chi connectivity index (χ2v) is 6.42. The molecule has 1 aliphatic rings. The fourth-order valence-electron chi connectivity index (χ4n) is 2.94. The van der Waals surface area contributed by atoms with Crippen molar-refractivity contribution in [1.29, 1.82) is 0 Å². The van der Waals surface area contributed by atoms with Crippen molar-refractivity contribution in [2.75, 3.05) is 48.8 Å². The summed E-state index contributed by atoms with van der Waals surface area (Å²) >= 11 is 0. The van der Waals surface area contributed by atoms with Gasteiger partial charge in [0.05, 0.1) is 7.11 Å². The molecule has 27 heavy (non-hydrogen) atoms. The molecule has 3 N–H and O–H groups in total. The molecule has 3 rings (SSSR count). The van der Waals surface area contributed by atoms with Gasteiger partial charge in [-0.15, -0.1) is 0 Å². The molecule has 0 radical (unpaired) electrons. The second kappa shape index (κ2) is 9.07. The lowest BCUT2D eigenvalue weighted by Crippen LogP contribution is -2.32. The van der Waals surface area contributed by atoms with Crippen molar-refractivity contribution in [3.05, 3.63) is 36.0 Å². The molecule has 2 aromatic rings. The number of methoxy groups -OCH3 is 1.